The number of nitrogens with zero attached hydrogens (tertiary/aromatic N) is 3. The van der Waals surface area contributed by atoms with E-state index in [-0.39, 0.29) is 21.1 Å². The van der Waals surface area contributed by atoms with E-state index in [4.69, 9.17) is 32.0 Å². The van der Waals surface area contributed by atoms with E-state index in [0.717, 1.165) is 21.1 Å². The van der Waals surface area contributed by atoms with E-state index >= 15 is 0 Å². The van der Waals surface area contributed by atoms with E-state index in [1.54, 1.807) is 12.1 Å². The Morgan fingerprint density at radius 2 is 1.46 bits per heavy atom. The molecule has 0 spiro atoms. The van der Waals surface area contributed by atoms with Crippen molar-refractivity contribution in [3.05, 3.63) is 129 Å². The van der Waals surface area contributed by atoms with Gasteiger partial charge in [-0.05, 0) is 0 Å². The van der Waals surface area contributed by atoms with Gasteiger partial charge in [-0.15, -0.1) is 0 Å². The molecule has 0 atom stereocenters. The monoisotopic (exact) mass is 584 g/mol. The van der Waals surface area contributed by atoms with Crippen LogP contribution in [0.5, 0.6) is 0 Å². The van der Waals surface area contributed by atoms with Crippen LogP contribution in [0.25, 0.3) is 45.4 Å². The van der Waals surface area contributed by atoms with Gasteiger partial charge in [0, 0.05) is 48.3 Å². The molecule has 1 aliphatic rings. The van der Waals surface area contributed by atoms with Gasteiger partial charge < -0.3 is 13.4 Å². The lowest BCUT2D eigenvalue weighted by Gasteiger charge is -2.14. The number of fused-ring (bicyclic) bond motifs is 2. The molecule has 0 bridgehead atoms. The molecule has 0 unspecified atom stereocenters. The van der Waals surface area contributed by atoms with Crippen molar-refractivity contribution in [2.24, 2.45) is 7.05 Å². The quantitative estimate of drug-likeness (QED) is 0.204. The van der Waals surface area contributed by atoms with Gasteiger partial charge in [-0.1, -0.05) is 83.9 Å². The third-order valence-electron chi connectivity index (χ3n) is 7.19. The van der Waals surface area contributed by atoms with Crippen molar-refractivity contribution in [3.8, 4) is 22.6 Å². The molecular formula is C31H19BCl2F2N3O2+. The van der Waals surface area contributed by atoms with Crippen LogP contribution in [0.3, 0.4) is 0 Å². The fraction of sp³-hybridized carbons (Fsp3) is 0.0323. The molecule has 0 saturated heterocycles. The maximum Gasteiger partial charge on any atom is 0.935 e. The zero-order valence-corrected chi connectivity index (χ0v) is 23.0. The predicted octanol–water partition coefficient (Wildman–Crippen LogP) is 7.07. The van der Waals surface area contributed by atoms with Gasteiger partial charge >= 0.3 is 7.40 Å². The van der Waals surface area contributed by atoms with E-state index < -0.39 is 7.40 Å². The topological polar surface area (TPSA) is 47.1 Å². The molecule has 0 saturated carbocycles. The molecule has 5 heterocycles. The minimum Gasteiger partial charge on any atom is -0.454 e. The minimum atomic E-state index is -2.88. The number of rotatable bonds is 5. The highest BCUT2D eigenvalue weighted by Gasteiger charge is 2.44. The lowest BCUT2D eigenvalue weighted by atomic mass is 9.99. The lowest BCUT2D eigenvalue weighted by Crippen LogP contribution is -2.37. The van der Waals surface area contributed by atoms with Crippen molar-refractivity contribution in [1.82, 2.24) is 14.0 Å². The molecule has 5 nitrogen and oxygen atoms in total. The van der Waals surface area contributed by atoms with Gasteiger partial charge in [-0.2, -0.15) is 0 Å². The molecule has 6 aromatic rings. The summed E-state index contributed by atoms with van der Waals surface area (Å²) in [6.07, 6.45) is 4.48. The largest absolute Gasteiger partial charge is 0.935 e. The highest BCUT2D eigenvalue weighted by atomic mass is 35.5. The first-order valence-electron chi connectivity index (χ1n) is 12.7. The predicted molar refractivity (Wildman–Crippen MR) is 158 cm³/mol. The van der Waals surface area contributed by atoms with Crippen LogP contribution in [-0.2, 0) is 7.05 Å². The van der Waals surface area contributed by atoms with Gasteiger partial charge in [0.05, 0.1) is 39.0 Å². The average Bonchev–Trinajstić information content (AvgIpc) is 3.72. The number of allylic oxidation sites excluding steroid dienone is 1. The standard InChI is InChI=1S/C31H19BCl2F2N3O2/c1-38-22-12-26(18-8-4-2-5-9-18)40-28(22)14-24(38)31(30-20(33)16-37-17-21(30)34)25-15-29-23(39(25)32(35)36)13-27(41-29)19-10-6-3-7-11-19/h2-17H,1H3/q+1. The SMILES string of the molecule is Cn1c(C(=C2C=c3oc(-c4ccccc4)cc3=[N+]2B(F)F)c2c(Cl)cncc2Cl)cc2oc(-c3ccccc3)cc21. The summed E-state index contributed by atoms with van der Waals surface area (Å²) in [5.74, 6) is 1.18. The third-order valence-corrected chi connectivity index (χ3v) is 7.76. The Bertz CT molecular complexity index is 2100. The van der Waals surface area contributed by atoms with Crippen LogP contribution >= 0.6 is 23.2 Å². The van der Waals surface area contributed by atoms with Gasteiger partial charge in [0.25, 0.3) is 0 Å². The Labute approximate surface area is 243 Å². The zero-order chi connectivity index (χ0) is 28.2. The summed E-state index contributed by atoms with van der Waals surface area (Å²) in [5.41, 5.74) is 4.93. The van der Waals surface area contributed by atoms with Crippen LogP contribution < -0.4 is 15.3 Å². The molecule has 2 aromatic carbocycles. The highest BCUT2D eigenvalue weighted by molar-refractivity contribution is 6.42. The van der Waals surface area contributed by atoms with Gasteiger partial charge in [-0.3, -0.25) is 4.98 Å². The second kappa shape index (κ2) is 9.91. The summed E-state index contributed by atoms with van der Waals surface area (Å²) < 4.78 is 44.9. The van der Waals surface area contributed by atoms with Crippen LogP contribution in [0.1, 0.15) is 11.3 Å². The number of hydrogen-bond donors (Lipinski definition) is 0. The van der Waals surface area contributed by atoms with E-state index in [9.17, 15) is 8.63 Å². The summed E-state index contributed by atoms with van der Waals surface area (Å²) in [7, 11) is -1.04. The summed E-state index contributed by atoms with van der Waals surface area (Å²) in [5, 5.41) is 0.690. The van der Waals surface area contributed by atoms with Crippen molar-refractivity contribution in [2.75, 3.05) is 0 Å². The van der Waals surface area contributed by atoms with Crippen LogP contribution in [0.4, 0.5) is 8.63 Å². The molecule has 7 rings (SSSR count). The molecule has 1 aliphatic heterocycles. The Kier molecular flexibility index (Phi) is 6.18. The number of aryl methyl sites for hydroxylation is 1. The highest BCUT2D eigenvalue weighted by Crippen LogP contribution is 2.40. The van der Waals surface area contributed by atoms with Crippen molar-refractivity contribution >= 4 is 53.4 Å². The minimum absolute atomic E-state index is 0.190. The van der Waals surface area contributed by atoms with Crippen molar-refractivity contribution in [2.45, 2.75) is 0 Å². The molecule has 0 N–H and O–H groups in total. The molecule has 0 amide bonds. The van der Waals surface area contributed by atoms with Gasteiger partial charge in [0.2, 0.25) is 10.8 Å². The van der Waals surface area contributed by atoms with Gasteiger partial charge in [0.15, 0.2) is 11.3 Å². The third kappa shape index (κ3) is 4.22. The fourth-order valence-electron chi connectivity index (χ4n) is 5.29. The Morgan fingerprint density at radius 1 is 0.854 bits per heavy atom. The molecular weight excluding hydrogens is 566 g/mol. The number of halogens is 4. The Balaban J connectivity index is 1.50. The zero-order valence-electron chi connectivity index (χ0n) is 21.5. The van der Waals surface area contributed by atoms with Gasteiger partial charge in [0.1, 0.15) is 11.5 Å². The van der Waals surface area contributed by atoms with Crippen molar-refractivity contribution in [3.63, 3.8) is 0 Å². The fourth-order valence-corrected chi connectivity index (χ4v) is 5.85. The first-order chi connectivity index (χ1) is 19.9. The summed E-state index contributed by atoms with van der Waals surface area (Å²) in [6.45, 7) is 0. The second-order valence-electron chi connectivity index (χ2n) is 9.57. The molecule has 41 heavy (non-hydrogen) atoms. The Morgan fingerprint density at radius 3 is 2.05 bits per heavy atom. The molecule has 0 radical (unpaired) electrons. The van der Waals surface area contributed by atoms with E-state index in [2.05, 4.69) is 4.98 Å². The summed E-state index contributed by atoms with van der Waals surface area (Å²) >= 11 is 13.3. The first kappa shape index (κ1) is 25.6. The number of benzene rings is 2. The molecule has 10 heteroatoms. The van der Waals surface area contributed by atoms with Crippen LogP contribution in [0, 0.1) is 0 Å². The molecule has 200 valence electrons. The maximum absolute atomic E-state index is 14.9. The van der Waals surface area contributed by atoms with E-state index in [1.165, 1.54) is 12.4 Å². The number of pyridine rings is 1. The second-order valence-corrected chi connectivity index (χ2v) is 10.4. The number of furan rings is 2. The summed E-state index contributed by atoms with van der Waals surface area (Å²) in [6, 6.07) is 24.4. The lowest BCUT2D eigenvalue weighted by molar-refractivity contribution is 0.543. The number of hydrogen-bond acceptors (Lipinski definition) is 3. The first-order valence-corrected chi connectivity index (χ1v) is 13.5. The van der Waals surface area contributed by atoms with Crippen molar-refractivity contribution in [1.29, 1.82) is 0 Å². The van der Waals surface area contributed by atoms with Gasteiger partial charge in [-0.25, -0.2) is 13.1 Å². The van der Waals surface area contributed by atoms with Crippen molar-refractivity contribution < 1.29 is 17.5 Å². The average molecular weight is 585 g/mol. The normalized spacial score (nSPS) is 13.9. The van der Waals surface area contributed by atoms with Crippen LogP contribution in [0.2, 0.25) is 10.0 Å². The van der Waals surface area contributed by atoms with E-state index in [0.29, 0.717) is 39.3 Å². The number of aromatic nitrogens is 2. The Hall–Kier alpha value is -4.40. The molecule has 0 fully saturated rings. The summed E-state index contributed by atoms with van der Waals surface area (Å²) in [4.78, 5) is 4.07. The molecule has 0 aliphatic carbocycles. The molecule has 4 aromatic heterocycles. The van der Waals surface area contributed by atoms with E-state index in [1.807, 2.05) is 84.4 Å². The van der Waals surface area contributed by atoms with Crippen LogP contribution in [-0.4, -0.2) is 17.0 Å². The maximum atomic E-state index is 14.9. The smallest absolute Gasteiger partial charge is 0.454 e. The van der Waals surface area contributed by atoms with Crippen LogP contribution in [0.15, 0.2) is 106 Å².